The van der Waals surface area contributed by atoms with Gasteiger partial charge in [0.25, 0.3) is 0 Å². The quantitative estimate of drug-likeness (QED) is 0.714. The molecular formula is C16H14ClFN2OS. The molecule has 1 atom stereocenters. The van der Waals surface area contributed by atoms with Gasteiger partial charge >= 0.3 is 0 Å². The molecule has 1 unspecified atom stereocenters. The largest absolute Gasteiger partial charge is 0.396 e. The average molecular weight is 337 g/mol. The minimum Gasteiger partial charge on any atom is -0.396 e. The molecule has 3 rings (SSSR count). The van der Waals surface area contributed by atoms with Gasteiger partial charge < -0.3 is 10.4 Å². The Morgan fingerprint density at radius 1 is 1.32 bits per heavy atom. The molecule has 0 aliphatic heterocycles. The van der Waals surface area contributed by atoms with Gasteiger partial charge in [0.1, 0.15) is 5.52 Å². The summed E-state index contributed by atoms with van der Waals surface area (Å²) in [6.07, 6.45) is 1.99. The molecule has 0 saturated heterocycles. The number of anilines is 1. The SMILES string of the molecule is OCCC(Nc1ccc2c(Cl)ccnc2c1F)c1cccs1. The van der Waals surface area contributed by atoms with Crippen LogP contribution in [0.1, 0.15) is 17.3 Å². The van der Waals surface area contributed by atoms with Crippen LogP contribution in [0, 0.1) is 5.82 Å². The van der Waals surface area contributed by atoms with Crippen molar-refractivity contribution in [3.8, 4) is 0 Å². The zero-order valence-corrected chi connectivity index (χ0v) is 13.2. The minimum absolute atomic E-state index is 0.0227. The van der Waals surface area contributed by atoms with Crippen LogP contribution in [0.3, 0.4) is 0 Å². The third kappa shape index (κ3) is 2.92. The molecule has 6 heteroatoms. The third-order valence-corrected chi connectivity index (χ3v) is 4.75. The summed E-state index contributed by atoms with van der Waals surface area (Å²) in [6.45, 7) is 0.0227. The van der Waals surface area contributed by atoms with Crippen molar-refractivity contribution in [2.75, 3.05) is 11.9 Å². The standard InChI is InChI=1S/C16H14ClFN2OS/c17-11-5-7-19-16-10(11)3-4-13(15(16)18)20-12(6-8-21)14-2-1-9-22-14/h1-5,7,9,12,20-21H,6,8H2. The molecule has 22 heavy (non-hydrogen) atoms. The van der Waals surface area contributed by atoms with Gasteiger partial charge in [0, 0.05) is 23.1 Å². The fourth-order valence-electron chi connectivity index (χ4n) is 2.35. The van der Waals surface area contributed by atoms with E-state index < -0.39 is 5.82 Å². The van der Waals surface area contributed by atoms with Gasteiger partial charge in [-0.1, -0.05) is 17.7 Å². The number of aliphatic hydroxyl groups excluding tert-OH is 1. The van der Waals surface area contributed by atoms with Crippen LogP contribution in [0.25, 0.3) is 10.9 Å². The molecule has 1 aromatic carbocycles. The number of benzene rings is 1. The van der Waals surface area contributed by atoms with E-state index in [-0.39, 0.29) is 18.2 Å². The van der Waals surface area contributed by atoms with Crippen LogP contribution >= 0.6 is 22.9 Å². The number of aromatic nitrogens is 1. The number of fused-ring (bicyclic) bond motifs is 1. The normalized spacial score (nSPS) is 12.5. The van der Waals surface area contributed by atoms with E-state index in [1.54, 1.807) is 29.5 Å². The van der Waals surface area contributed by atoms with Gasteiger partial charge in [0.2, 0.25) is 0 Å². The summed E-state index contributed by atoms with van der Waals surface area (Å²) < 4.78 is 14.6. The van der Waals surface area contributed by atoms with Crippen LogP contribution in [0.5, 0.6) is 0 Å². The van der Waals surface area contributed by atoms with Crippen molar-refractivity contribution in [3.05, 3.63) is 57.6 Å². The third-order valence-electron chi connectivity index (χ3n) is 3.43. The number of halogens is 2. The van der Waals surface area contributed by atoms with Crippen molar-refractivity contribution in [1.82, 2.24) is 4.98 Å². The average Bonchev–Trinajstić information content (AvgIpc) is 3.04. The van der Waals surface area contributed by atoms with Gasteiger partial charge in [-0.3, -0.25) is 4.98 Å². The first-order valence-corrected chi connectivity index (χ1v) is 8.10. The van der Waals surface area contributed by atoms with Gasteiger partial charge in [-0.15, -0.1) is 11.3 Å². The van der Waals surface area contributed by atoms with E-state index in [1.165, 1.54) is 6.20 Å². The Bertz CT molecular complexity index is 779. The second kappa shape index (κ2) is 6.60. The van der Waals surface area contributed by atoms with Crippen molar-refractivity contribution < 1.29 is 9.50 Å². The number of aliphatic hydroxyl groups is 1. The van der Waals surface area contributed by atoms with Crippen molar-refractivity contribution in [3.63, 3.8) is 0 Å². The lowest BCUT2D eigenvalue weighted by Gasteiger charge is -2.18. The Morgan fingerprint density at radius 2 is 2.18 bits per heavy atom. The number of pyridine rings is 1. The zero-order chi connectivity index (χ0) is 15.5. The van der Waals surface area contributed by atoms with Gasteiger partial charge in [-0.05, 0) is 36.1 Å². The summed E-state index contributed by atoms with van der Waals surface area (Å²) in [5.41, 5.74) is 0.598. The molecule has 0 bridgehead atoms. The lowest BCUT2D eigenvalue weighted by atomic mass is 10.1. The van der Waals surface area contributed by atoms with Gasteiger partial charge in [0.05, 0.1) is 16.8 Å². The van der Waals surface area contributed by atoms with E-state index in [2.05, 4.69) is 10.3 Å². The van der Waals surface area contributed by atoms with E-state index in [1.807, 2.05) is 17.5 Å². The molecule has 2 heterocycles. The van der Waals surface area contributed by atoms with E-state index in [0.717, 1.165) is 4.88 Å². The minimum atomic E-state index is -0.431. The first-order chi connectivity index (χ1) is 10.7. The Labute approximate surface area is 136 Å². The predicted molar refractivity (Wildman–Crippen MR) is 89.1 cm³/mol. The summed E-state index contributed by atoms with van der Waals surface area (Å²) in [4.78, 5) is 5.12. The van der Waals surface area contributed by atoms with Crippen LogP contribution in [0.4, 0.5) is 10.1 Å². The maximum atomic E-state index is 14.6. The van der Waals surface area contributed by atoms with Crippen molar-refractivity contribution in [2.24, 2.45) is 0 Å². The molecule has 0 saturated carbocycles. The highest BCUT2D eigenvalue weighted by Crippen LogP contribution is 2.31. The molecule has 0 amide bonds. The maximum absolute atomic E-state index is 14.6. The topological polar surface area (TPSA) is 45.1 Å². The monoisotopic (exact) mass is 336 g/mol. The number of hydrogen-bond acceptors (Lipinski definition) is 4. The molecule has 0 spiro atoms. The summed E-state index contributed by atoms with van der Waals surface area (Å²) in [6, 6.07) is 8.80. The second-order valence-corrected chi connectivity index (χ2v) is 6.23. The van der Waals surface area contributed by atoms with Gasteiger partial charge in [0.15, 0.2) is 5.82 Å². The first-order valence-electron chi connectivity index (χ1n) is 6.84. The second-order valence-electron chi connectivity index (χ2n) is 4.84. The summed E-state index contributed by atoms with van der Waals surface area (Å²) in [5.74, 6) is -0.431. The molecule has 114 valence electrons. The van der Waals surface area contributed by atoms with Crippen LogP contribution < -0.4 is 5.32 Å². The molecule has 0 fully saturated rings. The highest BCUT2D eigenvalue weighted by molar-refractivity contribution is 7.10. The van der Waals surface area contributed by atoms with E-state index in [0.29, 0.717) is 22.5 Å². The number of nitrogens with one attached hydrogen (secondary N) is 1. The maximum Gasteiger partial charge on any atom is 0.172 e. The fourth-order valence-corrected chi connectivity index (χ4v) is 3.38. The van der Waals surface area contributed by atoms with Crippen molar-refractivity contribution in [1.29, 1.82) is 0 Å². The lowest BCUT2D eigenvalue weighted by molar-refractivity contribution is 0.280. The molecule has 0 aliphatic rings. The van der Waals surface area contributed by atoms with E-state index >= 15 is 0 Å². The molecule has 0 radical (unpaired) electrons. The predicted octanol–water partition coefficient (Wildman–Crippen LogP) is 4.62. The highest BCUT2D eigenvalue weighted by atomic mass is 35.5. The molecule has 3 nitrogen and oxygen atoms in total. The molecule has 0 aliphatic carbocycles. The van der Waals surface area contributed by atoms with Gasteiger partial charge in [-0.25, -0.2) is 4.39 Å². The Balaban J connectivity index is 1.97. The van der Waals surface area contributed by atoms with Crippen LogP contribution in [-0.2, 0) is 0 Å². The molecule has 2 aromatic heterocycles. The Hall–Kier alpha value is -1.69. The van der Waals surface area contributed by atoms with Gasteiger partial charge in [-0.2, -0.15) is 0 Å². The summed E-state index contributed by atoms with van der Waals surface area (Å²) in [5, 5.41) is 15.4. The number of nitrogens with zero attached hydrogens (tertiary/aromatic N) is 1. The smallest absolute Gasteiger partial charge is 0.172 e. The van der Waals surface area contributed by atoms with E-state index in [4.69, 9.17) is 11.6 Å². The van der Waals surface area contributed by atoms with Crippen molar-refractivity contribution >= 4 is 39.5 Å². The van der Waals surface area contributed by atoms with E-state index in [9.17, 15) is 9.50 Å². The highest BCUT2D eigenvalue weighted by Gasteiger charge is 2.16. The van der Waals surface area contributed by atoms with Crippen LogP contribution in [0.2, 0.25) is 5.02 Å². The Morgan fingerprint density at radius 3 is 2.91 bits per heavy atom. The number of thiophene rings is 1. The first kappa shape index (κ1) is 15.2. The van der Waals surface area contributed by atoms with Crippen molar-refractivity contribution in [2.45, 2.75) is 12.5 Å². The lowest BCUT2D eigenvalue weighted by Crippen LogP contribution is -2.12. The number of hydrogen-bond donors (Lipinski definition) is 2. The Kier molecular flexibility index (Phi) is 4.57. The number of rotatable bonds is 5. The molecule has 2 N–H and O–H groups in total. The van der Waals surface area contributed by atoms with Crippen LogP contribution in [-0.4, -0.2) is 16.7 Å². The van der Waals surface area contributed by atoms with Crippen LogP contribution in [0.15, 0.2) is 41.9 Å². The molecular weight excluding hydrogens is 323 g/mol. The fraction of sp³-hybridized carbons (Fsp3) is 0.188. The zero-order valence-electron chi connectivity index (χ0n) is 11.6. The summed E-state index contributed by atoms with van der Waals surface area (Å²) in [7, 11) is 0. The molecule has 3 aromatic rings. The summed E-state index contributed by atoms with van der Waals surface area (Å²) >= 11 is 7.63.